The van der Waals surface area contributed by atoms with Crippen molar-refractivity contribution >= 4 is 5.91 Å². The van der Waals surface area contributed by atoms with E-state index in [4.69, 9.17) is 5.73 Å². The van der Waals surface area contributed by atoms with Gasteiger partial charge in [0.15, 0.2) is 0 Å². The van der Waals surface area contributed by atoms with Crippen LogP contribution in [0.15, 0.2) is 0 Å². The molecular formula is C27H47NO. The van der Waals surface area contributed by atoms with Crippen LogP contribution < -0.4 is 5.73 Å². The van der Waals surface area contributed by atoms with E-state index in [1.807, 2.05) is 6.92 Å². The fourth-order valence-corrected chi connectivity index (χ4v) is 9.36. The third-order valence-corrected chi connectivity index (χ3v) is 11.1. The van der Waals surface area contributed by atoms with Crippen molar-refractivity contribution in [3.8, 4) is 0 Å². The number of rotatable bonds is 6. The molecular weight excluding hydrogens is 354 g/mol. The van der Waals surface area contributed by atoms with Crippen LogP contribution in [-0.2, 0) is 4.79 Å². The summed E-state index contributed by atoms with van der Waals surface area (Å²) in [5.41, 5.74) is 6.70. The van der Waals surface area contributed by atoms with Crippen molar-refractivity contribution in [3.63, 3.8) is 0 Å². The molecule has 0 radical (unpaired) electrons. The van der Waals surface area contributed by atoms with Crippen LogP contribution in [-0.4, -0.2) is 5.91 Å². The molecule has 2 unspecified atom stereocenters. The van der Waals surface area contributed by atoms with Crippen molar-refractivity contribution < 1.29 is 4.79 Å². The first-order chi connectivity index (χ1) is 13.8. The predicted octanol–water partition coefficient (Wildman–Crippen LogP) is 6.96. The summed E-state index contributed by atoms with van der Waals surface area (Å²) in [7, 11) is 0. The summed E-state index contributed by atoms with van der Waals surface area (Å²) in [6.45, 7) is 9.89. The van der Waals surface area contributed by atoms with Crippen LogP contribution in [0.3, 0.4) is 0 Å². The zero-order valence-corrected chi connectivity index (χ0v) is 19.7. The number of amides is 1. The zero-order chi connectivity index (χ0) is 20.8. The Balaban J connectivity index is 1.42. The van der Waals surface area contributed by atoms with E-state index in [0.29, 0.717) is 10.8 Å². The molecule has 1 amide bonds. The van der Waals surface area contributed by atoms with Crippen LogP contribution in [0.1, 0.15) is 111 Å². The lowest BCUT2D eigenvalue weighted by atomic mass is 9.44. The lowest BCUT2D eigenvalue weighted by molar-refractivity contribution is -0.121. The monoisotopic (exact) mass is 401 g/mol. The van der Waals surface area contributed by atoms with Gasteiger partial charge in [-0.2, -0.15) is 0 Å². The van der Waals surface area contributed by atoms with Crippen LogP contribution in [0.25, 0.3) is 0 Å². The van der Waals surface area contributed by atoms with E-state index < -0.39 is 0 Å². The number of fused-ring (bicyclic) bond motifs is 5. The van der Waals surface area contributed by atoms with E-state index in [1.165, 1.54) is 70.6 Å². The second-order valence-electron chi connectivity index (χ2n) is 12.3. The van der Waals surface area contributed by atoms with Gasteiger partial charge in [0.2, 0.25) is 5.91 Å². The topological polar surface area (TPSA) is 43.1 Å². The normalized spacial score (nSPS) is 46.3. The quantitative estimate of drug-likeness (QED) is 0.513. The van der Waals surface area contributed by atoms with Gasteiger partial charge in [0, 0.05) is 5.92 Å². The molecule has 4 aliphatic rings. The van der Waals surface area contributed by atoms with Gasteiger partial charge in [-0.05, 0) is 104 Å². The first-order valence-corrected chi connectivity index (χ1v) is 13.1. The Morgan fingerprint density at radius 2 is 1.66 bits per heavy atom. The summed E-state index contributed by atoms with van der Waals surface area (Å²) in [6, 6.07) is 0. The minimum Gasteiger partial charge on any atom is -0.369 e. The summed E-state index contributed by atoms with van der Waals surface area (Å²) in [4.78, 5) is 11.4. The third kappa shape index (κ3) is 3.69. The number of primary amides is 1. The molecule has 29 heavy (non-hydrogen) atoms. The summed E-state index contributed by atoms with van der Waals surface area (Å²) in [6.07, 6.45) is 18.4. The fourth-order valence-electron chi connectivity index (χ4n) is 9.36. The van der Waals surface area contributed by atoms with Crippen LogP contribution in [0.5, 0.6) is 0 Å². The number of hydrogen-bond acceptors (Lipinski definition) is 1. The van der Waals surface area contributed by atoms with E-state index >= 15 is 0 Å². The Labute approximate surface area is 180 Å². The van der Waals surface area contributed by atoms with Crippen LogP contribution >= 0.6 is 0 Å². The van der Waals surface area contributed by atoms with Gasteiger partial charge < -0.3 is 5.73 Å². The summed E-state index contributed by atoms with van der Waals surface area (Å²) < 4.78 is 0. The minimum absolute atomic E-state index is 0.0379. The highest BCUT2D eigenvalue weighted by atomic mass is 16.1. The lowest BCUT2D eigenvalue weighted by Gasteiger charge is -2.61. The van der Waals surface area contributed by atoms with Crippen molar-refractivity contribution in [2.75, 3.05) is 0 Å². The zero-order valence-electron chi connectivity index (χ0n) is 19.7. The number of hydrogen-bond donors (Lipinski definition) is 1. The second-order valence-corrected chi connectivity index (χ2v) is 12.3. The molecule has 166 valence electrons. The van der Waals surface area contributed by atoms with E-state index in [1.54, 1.807) is 0 Å². The number of carbonyl (C=O) groups is 1. The molecule has 4 saturated carbocycles. The number of carbonyl (C=O) groups excluding carboxylic acids is 1. The maximum absolute atomic E-state index is 11.4. The molecule has 0 heterocycles. The molecule has 4 rings (SSSR count). The predicted molar refractivity (Wildman–Crippen MR) is 121 cm³/mol. The van der Waals surface area contributed by atoms with E-state index in [-0.39, 0.29) is 11.8 Å². The molecule has 0 spiro atoms. The van der Waals surface area contributed by atoms with Crippen LogP contribution in [0.2, 0.25) is 0 Å². The summed E-state index contributed by atoms with van der Waals surface area (Å²) >= 11 is 0. The maximum Gasteiger partial charge on any atom is 0.220 e. The third-order valence-electron chi connectivity index (χ3n) is 11.1. The second kappa shape index (κ2) is 8.19. The highest BCUT2D eigenvalue weighted by Crippen LogP contribution is 2.68. The molecule has 0 saturated heterocycles. The molecule has 2 nitrogen and oxygen atoms in total. The standard InChI is InChI=1S/C27H47NO/c1-18(8-7-9-19(2)25(28)29)22-13-14-23-21-12-11-20-10-5-6-16-26(20,3)24(21)15-17-27(22,23)4/h18-24H,5-17H2,1-4H3,(H2,28,29)/t18-,19?,20?,21+,22-,23+,24+,26+,27-/m1/s1. The molecule has 0 aliphatic heterocycles. The van der Waals surface area contributed by atoms with Gasteiger partial charge in [-0.25, -0.2) is 0 Å². The van der Waals surface area contributed by atoms with E-state index in [2.05, 4.69) is 20.8 Å². The average Bonchev–Trinajstić information content (AvgIpc) is 3.04. The minimum atomic E-state index is -0.129. The van der Waals surface area contributed by atoms with Gasteiger partial charge in [0.05, 0.1) is 0 Å². The molecule has 0 aromatic rings. The highest BCUT2D eigenvalue weighted by Gasteiger charge is 2.59. The molecule has 9 atom stereocenters. The Morgan fingerprint density at radius 1 is 0.897 bits per heavy atom. The first-order valence-electron chi connectivity index (χ1n) is 13.1. The van der Waals surface area contributed by atoms with Crippen molar-refractivity contribution in [1.82, 2.24) is 0 Å². The Kier molecular flexibility index (Phi) is 6.13. The lowest BCUT2D eigenvalue weighted by Crippen LogP contribution is -2.53. The number of nitrogens with two attached hydrogens (primary N) is 1. The van der Waals surface area contributed by atoms with Gasteiger partial charge in [0.25, 0.3) is 0 Å². The summed E-state index contributed by atoms with van der Waals surface area (Å²) in [5, 5.41) is 0. The van der Waals surface area contributed by atoms with E-state index in [0.717, 1.165) is 48.3 Å². The van der Waals surface area contributed by atoms with Gasteiger partial charge in [-0.15, -0.1) is 0 Å². The molecule has 0 bridgehead atoms. The van der Waals surface area contributed by atoms with Gasteiger partial charge in [0.1, 0.15) is 0 Å². The van der Waals surface area contributed by atoms with Gasteiger partial charge in [-0.3, -0.25) is 4.79 Å². The molecule has 4 aliphatic carbocycles. The Bertz CT molecular complexity index is 601. The average molecular weight is 402 g/mol. The highest BCUT2D eigenvalue weighted by molar-refractivity contribution is 5.76. The van der Waals surface area contributed by atoms with Crippen LogP contribution in [0, 0.1) is 52.3 Å². The Hall–Kier alpha value is -0.530. The molecule has 0 aromatic carbocycles. The SMILES string of the molecule is CC(CCC[C@@H](C)[C@H]1CC[C@H]2[C@@H]3CCC4CCCC[C@]4(C)[C@H]3CC[C@]12C)C(N)=O. The van der Waals surface area contributed by atoms with Crippen molar-refractivity contribution in [3.05, 3.63) is 0 Å². The molecule has 2 heteroatoms. The molecule has 4 fully saturated rings. The first kappa shape index (κ1) is 21.7. The largest absolute Gasteiger partial charge is 0.369 e. The smallest absolute Gasteiger partial charge is 0.220 e. The van der Waals surface area contributed by atoms with Gasteiger partial charge >= 0.3 is 0 Å². The van der Waals surface area contributed by atoms with E-state index in [9.17, 15) is 4.79 Å². The van der Waals surface area contributed by atoms with Crippen LogP contribution in [0.4, 0.5) is 0 Å². The fraction of sp³-hybridized carbons (Fsp3) is 0.963. The van der Waals surface area contributed by atoms with Crippen molar-refractivity contribution in [2.24, 2.45) is 58.0 Å². The Morgan fingerprint density at radius 3 is 2.41 bits per heavy atom. The summed E-state index contributed by atoms with van der Waals surface area (Å²) in [5.74, 6) is 5.65. The van der Waals surface area contributed by atoms with Crippen molar-refractivity contribution in [2.45, 2.75) is 111 Å². The van der Waals surface area contributed by atoms with Crippen molar-refractivity contribution in [1.29, 1.82) is 0 Å². The molecule has 0 aromatic heterocycles. The maximum atomic E-state index is 11.4. The van der Waals surface area contributed by atoms with Gasteiger partial charge in [-0.1, -0.05) is 53.4 Å². The molecule has 2 N–H and O–H groups in total.